The Morgan fingerprint density at radius 2 is 2.04 bits per heavy atom. The molecule has 2 aromatic carbocycles. The van der Waals surface area contributed by atoms with E-state index in [0.717, 1.165) is 22.2 Å². The number of halogens is 2. The van der Waals surface area contributed by atoms with Crippen LogP contribution in [0.15, 0.2) is 40.9 Å². The summed E-state index contributed by atoms with van der Waals surface area (Å²) in [4.78, 5) is 14.6. The van der Waals surface area contributed by atoms with Gasteiger partial charge < -0.3 is 14.4 Å². The number of ether oxygens (including phenoxy) is 2. The molecule has 1 aliphatic heterocycles. The Kier molecular flexibility index (Phi) is 5.54. The van der Waals surface area contributed by atoms with Crippen molar-refractivity contribution in [1.29, 1.82) is 0 Å². The lowest BCUT2D eigenvalue weighted by atomic mass is 9.99. The molecule has 0 bridgehead atoms. The third-order valence-corrected chi connectivity index (χ3v) is 5.14. The summed E-state index contributed by atoms with van der Waals surface area (Å²) in [5.74, 6) is 1.38. The van der Waals surface area contributed by atoms with Gasteiger partial charge in [-0.2, -0.15) is 0 Å². The molecular weight excluding hydrogens is 406 g/mol. The van der Waals surface area contributed by atoms with Gasteiger partial charge in [0.1, 0.15) is 11.5 Å². The van der Waals surface area contributed by atoms with Crippen LogP contribution in [0.1, 0.15) is 18.1 Å². The summed E-state index contributed by atoms with van der Waals surface area (Å²) in [5, 5.41) is 0.611. The predicted molar refractivity (Wildman–Crippen MR) is 101 cm³/mol. The molecule has 1 atom stereocenters. The lowest BCUT2D eigenvalue weighted by Crippen LogP contribution is -2.43. The molecule has 0 saturated carbocycles. The van der Waals surface area contributed by atoms with Crippen LogP contribution in [0.3, 0.4) is 0 Å². The third kappa shape index (κ3) is 4.10. The number of carbonyl (C=O) groups is 1. The van der Waals surface area contributed by atoms with Gasteiger partial charge in [0.2, 0.25) is 0 Å². The summed E-state index contributed by atoms with van der Waals surface area (Å²) in [6.07, 6.45) is 0.257. The Morgan fingerprint density at radius 1 is 1.24 bits per heavy atom. The highest BCUT2D eigenvalue weighted by atomic mass is 79.9. The van der Waals surface area contributed by atoms with Gasteiger partial charge in [0, 0.05) is 18.1 Å². The number of hydrogen-bond donors (Lipinski definition) is 0. The quantitative estimate of drug-likeness (QED) is 0.727. The van der Waals surface area contributed by atoms with E-state index in [0.29, 0.717) is 23.9 Å². The van der Waals surface area contributed by atoms with E-state index < -0.39 is 6.10 Å². The first-order valence-electron chi connectivity index (χ1n) is 8.04. The summed E-state index contributed by atoms with van der Waals surface area (Å²) in [7, 11) is 1.65. The first-order chi connectivity index (χ1) is 12.0. The second kappa shape index (κ2) is 7.67. The summed E-state index contributed by atoms with van der Waals surface area (Å²) < 4.78 is 11.8. The molecule has 3 rings (SSSR count). The van der Waals surface area contributed by atoms with Gasteiger partial charge in [-0.1, -0.05) is 17.7 Å². The number of rotatable bonds is 4. The van der Waals surface area contributed by atoms with Gasteiger partial charge in [0.15, 0.2) is 6.10 Å². The van der Waals surface area contributed by atoms with Gasteiger partial charge >= 0.3 is 0 Å². The summed E-state index contributed by atoms with van der Waals surface area (Å²) in [6.45, 7) is 3.03. The molecule has 1 amide bonds. The van der Waals surface area contributed by atoms with Crippen LogP contribution in [-0.4, -0.2) is 30.6 Å². The van der Waals surface area contributed by atoms with E-state index in [-0.39, 0.29) is 5.91 Å². The minimum absolute atomic E-state index is 0.0321. The lowest BCUT2D eigenvalue weighted by molar-refractivity contribution is -0.138. The Bertz CT molecular complexity index is 796. The molecule has 0 aromatic heterocycles. The zero-order valence-electron chi connectivity index (χ0n) is 14.1. The molecule has 2 aromatic rings. The molecule has 4 nitrogen and oxygen atoms in total. The molecule has 25 heavy (non-hydrogen) atoms. The highest BCUT2D eigenvalue weighted by Gasteiger charge is 2.26. The molecule has 132 valence electrons. The second-order valence-electron chi connectivity index (χ2n) is 5.98. The zero-order valence-corrected chi connectivity index (χ0v) is 16.4. The van der Waals surface area contributed by atoms with E-state index in [9.17, 15) is 4.79 Å². The van der Waals surface area contributed by atoms with Gasteiger partial charge in [-0.3, -0.25) is 4.79 Å². The van der Waals surface area contributed by atoms with E-state index in [2.05, 4.69) is 22.0 Å². The normalized spacial score (nSPS) is 14.6. The van der Waals surface area contributed by atoms with Crippen molar-refractivity contribution in [3.05, 3.63) is 57.0 Å². The van der Waals surface area contributed by atoms with Gasteiger partial charge in [-0.25, -0.2) is 0 Å². The lowest BCUT2D eigenvalue weighted by Gasteiger charge is -2.31. The van der Waals surface area contributed by atoms with Crippen LogP contribution in [-0.2, 0) is 17.8 Å². The SMILES string of the molecule is COc1ccc2c(c1)CN(C(=O)C(C)Oc1ccc(Cl)cc1Br)CC2. The van der Waals surface area contributed by atoms with Crippen molar-refractivity contribution in [1.82, 2.24) is 4.90 Å². The standard InChI is InChI=1S/C19H19BrClNO3/c1-12(25-18-6-4-15(21)10-17(18)20)19(23)22-8-7-13-3-5-16(24-2)9-14(13)11-22/h3-6,9-10,12H,7-8,11H2,1-2H3. The molecule has 0 aliphatic carbocycles. The number of carbonyl (C=O) groups excluding carboxylic acids is 1. The second-order valence-corrected chi connectivity index (χ2v) is 7.27. The summed E-state index contributed by atoms with van der Waals surface area (Å²) in [6, 6.07) is 11.3. The summed E-state index contributed by atoms with van der Waals surface area (Å²) in [5.41, 5.74) is 2.39. The molecule has 0 fully saturated rings. The monoisotopic (exact) mass is 423 g/mol. The van der Waals surface area contributed by atoms with E-state index in [1.54, 1.807) is 32.2 Å². The highest BCUT2D eigenvalue weighted by molar-refractivity contribution is 9.10. The predicted octanol–water partition coefficient (Wildman–Crippen LogP) is 4.46. The van der Waals surface area contributed by atoms with Gasteiger partial charge in [-0.05, 0) is 70.7 Å². The minimum atomic E-state index is -0.579. The van der Waals surface area contributed by atoms with Crippen LogP contribution >= 0.6 is 27.5 Å². The van der Waals surface area contributed by atoms with E-state index in [1.807, 2.05) is 17.0 Å². The first kappa shape index (κ1) is 18.1. The first-order valence-corrected chi connectivity index (χ1v) is 9.21. The number of benzene rings is 2. The van der Waals surface area contributed by atoms with Crippen molar-refractivity contribution in [3.63, 3.8) is 0 Å². The molecule has 0 spiro atoms. The number of fused-ring (bicyclic) bond motifs is 1. The largest absolute Gasteiger partial charge is 0.497 e. The van der Waals surface area contributed by atoms with Gasteiger partial charge in [-0.15, -0.1) is 0 Å². The maximum Gasteiger partial charge on any atom is 0.263 e. The zero-order chi connectivity index (χ0) is 18.0. The molecule has 1 unspecified atom stereocenters. The topological polar surface area (TPSA) is 38.8 Å². The fourth-order valence-electron chi connectivity index (χ4n) is 2.92. The van der Waals surface area contributed by atoms with Crippen molar-refractivity contribution in [3.8, 4) is 11.5 Å². The molecule has 0 radical (unpaired) electrons. The number of hydrogen-bond acceptors (Lipinski definition) is 3. The fourth-order valence-corrected chi connectivity index (χ4v) is 3.69. The van der Waals surface area contributed by atoms with Crippen molar-refractivity contribution >= 4 is 33.4 Å². The fraction of sp³-hybridized carbons (Fsp3) is 0.316. The number of nitrogens with zero attached hydrogens (tertiary/aromatic N) is 1. The van der Waals surface area contributed by atoms with Crippen molar-refractivity contribution in [2.45, 2.75) is 26.0 Å². The van der Waals surface area contributed by atoms with Crippen LogP contribution in [0.25, 0.3) is 0 Å². The van der Waals surface area contributed by atoms with Crippen LogP contribution in [0.2, 0.25) is 5.02 Å². The molecule has 0 N–H and O–H groups in total. The number of methoxy groups -OCH3 is 1. The van der Waals surface area contributed by atoms with E-state index in [4.69, 9.17) is 21.1 Å². The van der Waals surface area contributed by atoms with E-state index in [1.165, 1.54) is 5.56 Å². The van der Waals surface area contributed by atoms with Crippen LogP contribution in [0, 0.1) is 0 Å². The average Bonchev–Trinajstić information content (AvgIpc) is 2.62. The third-order valence-electron chi connectivity index (χ3n) is 4.28. The average molecular weight is 425 g/mol. The Balaban J connectivity index is 1.70. The molecule has 1 heterocycles. The number of amides is 1. The smallest absolute Gasteiger partial charge is 0.263 e. The highest BCUT2D eigenvalue weighted by Crippen LogP contribution is 2.29. The molecule has 1 aliphatic rings. The minimum Gasteiger partial charge on any atom is -0.497 e. The van der Waals surface area contributed by atoms with Crippen LogP contribution in [0.4, 0.5) is 0 Å². The molecular formula is C19H19BrClNO3. The van der Waals surface area contributed by atoms with Crippen molar-refractivity contribution in [2.24, 2.45) is 0 Å². The van der Waals surface area contributed by atoms with Crippen LogP contribution < -0.4 is 9.47 Å². The van der Waals surface area contributed by atoms with Crippen molar-refractivity contribution in [2.75, 3.05) is 13.7 Å². The molecule has 6 heteroatoms. The Hall–Kier alpha value is -1.72. The van der Waals surface area contributed by atoms with E-state index >= 15 is 0 Å². The van der Waals surface area contributed by atoms with Crippen LogP contribution in [0.5, 0.6) is 11.5 Å². The maximum atomic E-state index is 12.8. The van der Waals surface area contributed by atoms with Gasteiger partial charge in [0.05, 0.1) is 11.6 Å². The van der Waals surface area contributed by atoms with Gasteiger partial charge in [0.25, 0.3) is 5.91 Å². The summed E-state index contributed by atoms with van der Waals surface area (Å²) >= 11 is 9.35. The molecule has 0 saturated heterocycles. The Labute approximate surface area is 160 Å². The van der Waals surface area contributed by atoms with Crippen molar-refractivity contribution < 1.29 is 14.3 Å². The Morgan fingerprint density at radius 3 is 2.76 bits per heavy atom. The maximum absolute atomic E-state index is 12.8.